The summed E-state index contributed by atoms with van der Waals surface area (Å²) in [5, 5.41) is 8.28. The van der Waals surface area contributed by atoms with Crippen molar-refractivity contribution in [2.24, 2.45) is 5.92 Å². The molecule has 1 aliphatic rings. The topological polar surface area (TPSA) is 71.5 Å². The molecule has 0 aliphatic heterocycles. The molecule has 0 radical (unpaired) electrons. The molecule has 2 N–H and O–H groups in total. The van der Waals surface area contributed by atoms with E-state index < -0.39 is 0 Å². The van der Waals surface area contributed by atoms with Gasteiger partial charge in [0, 0.05) is 37.6 Å². The number of benzene rings is 2. The molecule has 1 aliphatic carbocycles. The van der Waals surface area contributed by atoms with E-state index in [9.17, 15) is 0 Å². The first-order chi connectivity index (χ1) is 16.6. The third kappa shape index (κ3) is 6.75. The fourth-order valence-electron chi connectivity index (χ4n) is 4.79. The number of aromatic nitrogens is 2. The molecule has 0 unspecified atom stereocenters. The molecule has 0 spiro atoms. The van der Waals surface area contributed by atoms with Crippen molar-refractivity contribution in [3.63, 3.8) is 0 Å². The molecule has 7 heteroatoms. The highest BCUT2D eigenvalue weighted by Gasteiger charge is 2.22. The van der Waals surface area contributed by atoms with Crippen LogP contribution in [-0.4, -0.2) is 50.9 Å². The van der Waals surface area contributed by atoms with E-state index in [-0.39, 0.29) is 7.43 Å². The standard InChI is InChI=1S/C27H37N5O2.CH4/c1-32(2)26-23-7-5-6-8-24(23)30-27(31-26)29-21-11-9-19(10-12-21)15-16-28-18-20-17-22(33-3)13-14-25(20)34-4;/h5-8,13-14,17,19,21,28H,9-12,15-16,18H2,1-4H3,(H,29,30,31);1H4. The first kappa shape index (κ1) is 26.5. The Hall–Kier alpha value is -3.06. The van der Waals surface area contributed by atoms with E-state index in [1.54, 1.807) is 14.2 Å². The van der Waals surface area contributed by atoms with Gasteiger partial charge in [0.05, 0.1) is 19.7 Å². The van der Waals surface area contributed by atoms with Crippen LogP contribution in [-0.2, 0) is 6.54 Å². The van der Waals surface area contributed by atoms with Crippen LogP contribution in [0.4, 0.5) is 11.8 Å². The van der Waals surface area contributed by atoms with Crippen LogP contribution in [0.1, 0.15) is 45.1 Å². The van der Waals surface area contributed by atoms with Crippen molar-refractivity contribution in [2.75, 3.05) is 45.1 Å². The highest BCUT2D eigenvalue weighted by atomic mass is 16.5. The number of nitrogens with zero attached hydrogens (tertiary/aromatic N) is 3. The third-order valence-electron chi connectivity index (χ3n) is 6.72. The van der Waals surface area contributed by atoms with Crippen LogP contribution < -0.4 is 25.0 Å². The van der Waals surface area contributed by atoms with Crippen molar-refractivity contribution in [3.05, 3.63) is 48.0 Å². The summed E-state index contributed by atoms with van der Waals surface area (Å²) in [6.45, 7) is 1.79. The zero-order valence-corrected chi connectivity index (χ0v) is 20.8. The second kappa shape index (κ2) is 12.6. The maximum absolute atomic E-state index is 5.48. The number of ether oxygens (including phenoxy) is 2. The van der Waals surface area contributed by atoms with Crippen LogP contribution in [0, 0.1) is 5.92 Å². The van der Waals surface area contributed by atoms with Crippen molar-refractivity contribution in [2.45, 2.75) is 52.1 Å². The molecule has 0 atom stereocenters. The van der Waals surface area contributed by atoms with Crippen LogP contribution in [0.3, 0.4) is 0 Å². The number of hydrogen-bond acceptors (Lipinski definition) is 7. The highest BCUT2D eigenvalue weighted by Crippen LogP contribution is 2.30. The van der Waals surface area contributed by atoms with Crippen molar-refractivity contribution >= 4 is 22.7 Å². The summed E-state index contributed by atoms with van der Waals surface area (Å²) < 4.78 is 10.8. The number of para-hydroxylation sites is 1. The Balaban J connectivity index is 0.00000342. The molecular weight excluding hydrogens is 438 g/mol. The number of nitrogens with one attached hydrogen (secondary N) is 2. The molecule has 1 aromatic heterocycles. The van der Waals surface area contributed by atoms with E-state index in [0.29, 0.717) is 6.04 Å². The minimum Gasteiger partial charge on any atom is -0.497 e. The first-order valence-electron chi connectivity index (χ1n) is 12.2. The summed E-state index contributed by atoms with van der Waals surface area (Å²) in [6, 6.07) is 14.6. The molecule has 0 amide bonds. The second-order valence-corrected chi connectivity index (χ2v) is 9.29. The first-order valence-corrected chi connectivity index (χ1v) is 12.2. The Labute approximate surface area is 210 Å². The summed E-state index contributed by atoms with van der Waals surface area (Å²) in [5.41, 5.74) is 2.11. The smallest absolute Gasteiger partial charge is 0.225 e. The van der Waals surface area contributed by atoms with E-state index in [1.165, 1.54) is 19.3 Å². The molecule has 0 bridgehead atoms. The van der Waals surface area contributed by atoms with Crippen LogP contribution in [0.2, 0.25) is 0 Å². The highest BCUT2D eigenvalue weighted by molar-refractivity contribution is 5.90. The molecule has 3 aromatic rings. The molecule has 1 saturated carbocycles. The van der Waals surface area contributed by atoms with Gasteiger partial charge in [-0.2, -0.15) is 4.98 Å². The van der Waals surface area contributed by atoms with Gasteiger partial charge in [-0.25, -0.2) is 4.98 Å². The normalized spacial score (nSPS) is 17.5. The fraction of sp³-hybridized carbons (Fsp3) is 0.500. The average Bonchev–Trinajstić information content (AvgIpc) is 2.86. The van der Waals surface area contributed by atoms with Gasteiger partial charge in [-0.3, -0.25) is 0 Å². The lowest BCUT2D eigenvalue weighted by atomic mass is 9.84. The molecule has 4 rings (SSSR count). The Morgan fingerprint density at radius 3 is 2.46 bits per heavy atom. The van der Waals surface area contributed by atoms with Crippen LogP contribution in [0.25, 0.3) is 10.9 Å². The summed E-state index contributed by atoms with van der Waals surface area (Å²) >= 11 is 0. The maximum Gasteiger partial charge on any atom is 0.225 e. The van der Waals surface area contributed by atoms with E-state index in [4.69, 9.17) is 19.4 Å². The number of methoxy groups -OCH3 is 2. The second-order valence-electron chi connectivity index (χ2n) is 9.29. The van der Waals surface area contributed by atoms with Gasteiger partial charge in [-0.05, 0) is 74.9 Å². The van der Waals surface area contributed by atoms with Gasteiger partial charge in [0.25, 0.3) is 0 Å². The molecule has 1 heterocycles. The van der Waals surface area contributed by atoms with Gasteiger partial charge in [0.15, 0.2) is 0 Å². The lowest BCUT2D eigenvalue weighted by Gasteiger charge is -2.29. The predicted molar refractivity (Wildman–Crippen MR) is 146 cm³/mol. The minimum atomic E-state index is 0. The summed E-state index contributed by atoms with van der Waals surface area (Å²) in [4.78, 5) is 11.6. The van der Waals surface area contributed by atoms with E-state index in [2.05, 4.69) is 27.7 Å². The summed E-state index contributed by atoms with van der Waals surface area (Å²) in [7, 11) is 7.46. The van der Waals surface area contributed by atoms with Gasteiger partial charge >= 0.3 is 0 Å². The SMILES string of the molecule is C.COc1ccc(OC)c(CNCCC2CCC(Nc3nc(N(C)C)c4ccccc4n3)CC2)c1. The molecule has 35 heavy (non-hydrogen) atoms. The molecule has 2 aromatic carbocycles. The van der Waals surface area contributed by atoms with Gasteiger partial charge in [0.2, 0.25) is 5.95 Å². The average molecular weight is 480 g/mol. The summed E-state index contributed by atoms with van der Waals surface area (Å²) in [6.07, 6.45) is 5.96. The quantitative estimate of drug-likeness (QED) is 0.372. The van der Waals surface area contributed by atoms with Gasteiger partial charge in [-0.15, -0.1) is 0 Å². The van der Waals surface area contributed by atoms with Crippen molar-refractivity contribution in [1.29, 1.82) is 0 Å². The number of rotatable bonds is 10. The van der Waals surface area contributed by atoms with Crippen LogP contribution in [0.15, 0.2) is 42.5 Å². The lowest BCUT2D eigenvalue weighted by molar-refractivity contribution is 0.316. The fourth-order valence-corrected chi connectivity index (χ4v) is 4.79. The van der Waals surface area contributed by atoms with Crippen molar-refractivity contribution < 1.29 is 9.47 Å². The zero-order chi connectivity index (χ0) is 23.9. The Bertz CT molecular complexity index is 1080. The van der Waals surface area contributed by atoms with Gasteiger partial charge < -0.3 is 25.0 Å². The summed E-state index contributed by atoms with van der Waals surface area (Å²) in [5.74, 6) is 4.21. The lowest BCUT2D eigenvalue weighted by Crippen LogP contribution is -2.28. The monoisotopic (exact) mass is 479 g/mol. The maximum atomic E-state index is 5.48. The van der Waals surface area contributed by atoms with E-state index >= 15 is 0 Å². The number of anilines is 2. The molecule has 0 saturated heterocycles. The van der Waals surface area contributed by atoms with Crippen LogP contribution in [0.5, 0.6) is 11.5 Å². The molecule has 1 fully saturated rings. The van der Waals surface area contributed by atoms with Crippen molar-refractivity contribution in [3.8, 4) is 11.5 Å². The predicted octanol–water partition coefficient (Wildman–Crippen LogP) is 5.50. The Morgan fingerprint density at radius 1 is 0.971 bits per heavy atom. The molecule has 190 valence electrons. The molecular formula is C28H41N5O2. The van der Waals surface area contributed by atoms with E-state index in [0.717, 1.165) is 71.6 Å². The van der Waals surface area contributed by atoms with Gasteiger partial charge in [0.1, 0.15) is 17.3 Å². The minimum absolute atomic E-state index is 0. The van der Waals surface area contributed by atoms with Gasteiger partial charge in [-0.1, -0.05) is 19.6 Å². The molecule has 7 nitrogen and oxygen atoms in total. The van der Waals surface area contributed by atoms with Crippen molar-refractivity contribution in [1.82, 2.24) is 15.3 Å². The number of fused-ring (bicyclic) bond motifs is 1. The van der Waals surface area contributed by atoms with E-state index in [1.807, 2.05) is 44.4 Å². The van der Waals surface area contributed by atoms with Crippen LogP contribution >= 0.6 is 0 Å². The third-order valence-corrected chi connectivity index (χ3v) is 6.72. The number of hydrogen-bond donors (Lipinski definition) is 2. The Kier molecular flexibility index (Phi) is 9.55. The Morgan fingerprint density at radius 2 is 1.74 bits per heavy atom. The zero-order valence-electron chi connectivity index (χ0n) is 20.8. The largest absolute Gasteiger partial charge is 0.497 e.